The lowest BCUT2D eigenvalue weighted by atomic mass is 10.2. The number of alkyl halides is 3. The fourth-order valence-corrected chi connectivity index (χ4v) is 1.87. The lowest BCUT2D eigenvalue weighted by Gasteiger charge is -2.09. The average molecular weight is 310 g/mol. The summed E-state index contributed by atoms with van der Waals surface area (Å²) in [5.74, 6) is -0.863. The van der Waals surface area contributed by atoms with Gasteiger partial charge in [0.2, 0.25) is 0 Å². The van der Waals surface area contributed by atoms with E-state index >= 15 is 0 Å². The topological polar surface area (TPSA) is 32.9 Å². The Morgan fingerprint density at radius 3 is 2.47 bits per heavy atom. The van der Waals surface area contributed by atoms with Gasteiger partial charge in [0.25, 0.3) is 0 Å². The molecule has 0 saturated heterocycles. The predicted molar refractivity (Wildman–Crippen MR) is 57.2 cm³/mol. The maximum absolute atomic E-state index is 13.3. The Morgan fingerprint density at radius 1 is 1.24 bits per heavy atom. The number of H-pyrrole nitrogens is 1. The first-order chi connectivity index (χ1) is 7.80. The molecule has 0 fully saturated rings. The molecule has 0 unspecified atom stereocenters. The minimum atomic E-state index is -4.68. The maximum Gasteiger partial charge on any atom is 0.431 e. The van der Waals surface area contributed by atoms with Gasteiger partial charge in [0, 0.05) is 10.5 Å². The summed E-state index contributed by atoms with van der Waals surface area (Å²) >= 11 is 2.96. The number of aromatic amines is 1. The van der Waals surface area contributed by atoms with Crippen LogP contribution >= 0.6 is 15.9 Å². The summed E-state index contributed by atoms with van der Waals surface area (Å²) in [6.07, 6.45) is -4.68. The fraction of sp³-hybridized carbons (Fsp3) is 0.100. The number of halogens is 5. The molecule has 0 atom stereocenters. The molecule has 1 aromatic carbocycles. The minimum Gasteiger partial charge on any atom is -0.350 e. The van der Waals surface area contributed by atoms with Gasteiger partial charge in [-0.25, -0.2) is 4.39 Å². The molecule has 0 radical (unpaired) electrons. The highest BCUT2D eigenvalue weighted by Gasteiger charge is 2.32. The number of rotatable bonds is 0. The highest BCUT2D eigenvalue weighted by Crippen LogP contribution is 2.30. The molecule has 0 saturated carbocycles. The molecule has 0 aliphatic heterocycles. The zero-order chi connectivity index (χ0) is 12.8. The molecule has 90 valence electrons. The van der Waals surface area contributed by atoms with E-state index in [4.69, 9.17) is 0 Å². The van der Waals surface area contributed by atoms with E-state index in [1.165, 1.54) is 6.07 Å². The lowest BCUT2D eigenvalue weighted by molar-refractivity contribution is -0.141. The second-order valence-electron chi connectivity index (χ2n) is 3.32. The van der Waals surface area contributed by atoms with Crippen molar-refractivity contribution in [3.63, 3.8) is 0 Å². The Balaban J connectivity index is 2.92. The van der Waals surface area contributed by atoms with Crippen molar-refractivity contribution in [3.8, 4) is 0 Å². The third kappa shape index (κ3) is 2.06. The van der Waals surface area contributed by atoms with Crippen molar-refractivity contribution in [2.45, 2.75) is 6.18 Å². The second-order valence-corrected chi connectivity index (χ2v) is 4.18. The van der Waals surface area contributed by atoms with Crippen molar-refractivity contribution in [3.05, 3.63) is 44.4 Å². The highest BCUT2D eigenvalue weighted by molar-refractivity contribution is 9.10. The smallest absolute Gasteiger partial charge is 0.350 e. The molecular formula is C10H4BrF4NO. The van der Waals surface area contributed by atoms with E-state index in [1.807, 2.05) is 4.98 Å². The summed E-state index contributed by atoms with van der Waals surface area (Å²) in [4.78, 5) is 13.4. The molecule has 17 heavy (non-hydrogen) atoms. The van der Waals surface area contributed by atoms with Gasteiger partial charge in [-0.05, 0) is 28.1 Å². The summed E-state index contributed by atoms with van der Waals surface area (Å²) in [5.41, 5.74) is -2.42. The monoisotopic (exact) mass is 309 g/mol. The fourth-order valence-electron chi connectivity index (χ4n) is 1.44. The van der Waals surface area contributed by atoms with Crippen LogP contribution in [0.5, 0.6) is 0 Å². The van der Waals surface area contributed by atoms with E-state index in [-0.39, 0.29) is 9.99 Å². The van der Waals surface area contributed by atoms with Crippen LogP contribution in [0, 0.1) is 5.82 Å². The average Bonchev–Trinajstić information content (AvgIpc) is 2.21. The zero-order valence-electron chi connectivity index (χ0n) is 8.03. The molecular weight excluding hydrogens is 306 g/mol. The molecule has 0 spiro atoms. The predicted octanol–water partition coefficient (Wildman–Crippen LogP) is 3.45. The van der Waals surface area contributed by atoms with Crippen LogP contribution in [0.2, 0.25) is 0 Å². The van der Waals surface area contributed by atoms with Crippen LogP contribution in [0.1, 0.15) is 5.69 Å². The van der Waals surface area contributed by atoms with Crippen molar-refractivity contribution in [2.24, 2.45) is 0 Å². The first-order valence-electron chi connectivity index (χ1n) is 4.39. The van der Waals surface area contributed by atoms with Crippen molar-refractivity contribution in [1.29, 1.82) is 0 Å². The number of benzene rings is 1. The van der Waals surface area contributed by atoms with Gasteiger partial charge in [-0.1, -0.05) is 0 Å². The van der Waals surface area contributed by atoms with Gasteiger partial charge in [0.15, 0.2) is 5.43 Å². The first-order valence-corrected chi connectivity index (χ1v) is 5.18. The summed E-state index contributed by atoms with van der Waals surface area (Å²) in [6.45, 7) is 0. The van der Waals surface area contributed by atoms with E-state index < -0.39 is 28.5 Å². The molecule has 2 rings (SSSR count). The molecule has 1 heterocycles. The Labute approximate surface area is 100 Å². The van der Waals surface area contributed by atoms with Crippen LogP contribution in [0.15, 0.2) is 27.5 Å². The lowest BCUT2D eigenvalue weighted by Crippen LogP contribution is -2.14. The SMILES string of the molecule is O=c1cc(C(F)(F)F)[nH]c2c(Br)ccc(F)c12. The van der Waals surface area contributed by atoms with Crippen LogP contribution < -0.4 is 5.43 Å². The highest BCUT2D eigenvalue weighted by atomic mass is 79.9. The Morgan fingerprint density at radius 2 is 1.88 bits per heavy atom. The van der Waals surface area contributed by atoms with Gasteiger partial charge in [-0.3, -0.25) is 4.79 Å². The molecule has 0 aliphatic carbocycles. The van der Waals surface area contributed by atoms with Crippen molar-refractivity contribution >= 4 is 26.8 Å². The standard InChI is InChI=1S/C10H4BrF4NO/c11-4-1-2-5(12)8-6(17)3-7(10(13,14)15)16-9(4)8/h1-3H,(H,16,17). The summed E-state index contributed by atoms with van der Waals surface area (Å²) < 4.78 is 50.9. The van der Waals surface area contributed by atoms with E-state index in [1.54, 1.807) is 0 Å². The van der Waals surface area contributed by atoms with Gasteiger partial charge in [0.1, 0.15) is 11.5 Å². The van der Waals surface area contributed by atoms with E-state index in [0.29, 0.717) is 6.07 Å². The Hall–Kier alpha value is -1.37. The van der Waals surface area contributed by atoms with Crippen molar-refractivity contribution in [1.82, 2.24) is 4.98 Å². The summed E-state index contributed by atoms with van der Waals surface area (Å²) in [6, 6.07) is 2.58. The summed E-state index contributed by atoms with van der Waals surface area (Å²) in [5, 5.41) is -0.396. The largest absolute Gasteiger partial charge is 0.431 e. The second kappa shape index (κ2) is 3.83. The third-order valence-electron chi connectivity index (χ3n) is 2.19. The van der Waals surface area contributed by atoms with E-state index in [9.17, 15) is 22.4 Å². The molecule has 0 bridgehead atoms. The van der Waals surface area contributed by atoms with Crippen LogP contribution in [-0.4, -0.2) is 4.98 Å². The molecule has 1 aromatic heterocycles. The number of pyridine rings is 1. The number of aromatic nitrogens is 1. The number of hydrogen-bond acceptors (Lipinski definition) is 1. The van der Waals surface area contributed by atoms with Crippen molar-refractivity contribution in [2.75, 3.05) is 0 Å². The number of fused-ring (bicyclic) bond motifs is 1. The molecule has 2 aromatic rings. The van der Waals surface area contributed by atoms with E-state index in [0.717, 1.165) is 6.07 Å². The molecule has 7 heteroatoms. The molecule has 2 nitrogen and oxygen atoms in total. The quantitative estimate of drug-likeness (QED) is 0.743. The molecule has 0 amide bonds. The number of nitrogens with one attached hydrogen (secondary N) is 1. The van der Waals surface area contributed by atoms with Crippen LogP contribution in [0.4, 0.5) is 17.6 Å². The normalized spacial score (nSPS) is 12.1. The molecule has 0 aliphatic rings. The Kier molecular flexibility index (Phi) is 2.73. The van der Waals surface area contributed by atoms with Gasteiger partial charge in [0.05, 0.1) is 10.9 Å². The van der Waals surface area contributed by atoms with Gasteiger partial charge in [-0.2, -0.15) is 13.2 Å². The van der Waals surface area contributed by atoms with Gasteiger partial charge in [-0.15, -0.1) is 0 Å². The van der Waals surface area contributed by atoms with Gasteiger partial charge < -0.3 is 4.98 Å². The summed E-state index contributed by atoms with van der Waals surface area (Å²) in [7, 11) is 0. The van der Waals surface area contributed by atoms with Crippen LogP contribution in [0.25, 0.3) is 10.9 Å². The maximum atomic E-state index is 13.3. The number of hydrogen-bond donors (Lipinski definition) is 1. The van der Waals surface area contributed by atoms with Gasteiger partial charge >= 0.3 is 6.18 Å². The Bertz CT molecular complexity index is 647. The van der Waals surface area contributed by atoms with Crippen LogP contribution in [-0.2, 0) is 6.18 Å². The first kappa shape index (κ1) is 12.1. The third-order valence-corrected chi connectivity index (χ3v) is 2.85. The van der Waals surface area contributed by atoms with Crippen molar-refractivity contribution < 1.29 is 17.6 Å². The van der Waals surface area contributed by atoms with E-state index in [2.05, 4.69) is 15.9 Å². The van der Waals surface area contributed by atoms with Crippen LogP contribution in [0.3, 0.4) is 0 Å². The molecule has 1 N–H and O–H groups in total. The minimum absolute atomic E-state index is 0.192. The zero-order valence-corrected chi connectivity index (χ0v) is 9.62.